The summed E-state index contributed by atoms with van der Waals surface area (Å²) in [6, 6.07) is 14.1. The van der Waals surface area contributed by atoms with Gasteiger partial charge in [-0.3, -0.25) is 0 Å². The topological polar surface area (TPSA) is 20.2 Å². The van der Waals surface area contributed by atoms with Crippen LogP contribution in [0.2, 0.25) is 0 Å². The molecule has 0 amide bonds. The van der Waals surface area contributed by atoms with Gasteiger partial charge in [0, 0.05) is 11.5 Å². The number of fused-ring (bicyclic) bond motifs is 1. The molecular formula is C16H14O. The molecule has 0 aromatic heterocycles. The molecule has 0 saturated heterocycles. The molecule has 1 unspecified atom stereocenters. The number of rotatable bonds is 1. The summed E-state index contributed by atoms with van der Waals surface area (Å²) in [7, 11) is 0. The third-order valence-corrected chi connectivity index (χ3v) is 3.12. The highest BCUT2D eigenvalue weighted by Gasteiger charge is 2.18. The van der Waals surface area contributed by atoms with Gasteiger partial charge in [-0.1, -0.05) is 54.3 Å². The Balaban J connectivity index is 2.01. The number of aliphatic hydroxyl groups is 1. The maximum Gasteiger partial charge on any atom is 0.140 e. The van der Waals surface area contributed by atoms with E-state index in [1.807, 2.05) is 30.3 Å². The number of hydrogen-bond acceptors (Lipinski definition) is 1. The maximum atomic E-state index is 10.1. The summed E-state index contributed by atoms with van der Waals surface area (Å²) in [6.07, 6.45) is 1.71. The quantitative estimate of drug-likeness (QED) is 0.734. The van der Waals surface area contributed by atoms with Gasteiger partial charge in [-0.05, 0) is 23.6 Å². The summed E-state index contributed by atoms with van der Waals surface area (Å²) >= 11 is 0. The minimum atomic E-state index is -0.665. The molecule has 1 saturated carbocycles. The van der Waals surface area contributed by atoms with E-state index in [-0.39, 0.29) is 0 Å². The molecule has 0 aliphatic heterocycles. The minimum absolute atomic E-state index is 0.527. The van der Waals surface area contributed by atoms with E-state index in [1.54, 1.807) is 0 Å². The zero-order chi connectivity index (χ0) is 11.7. The molecule has 1 aliphatic rings. The van der Waals surface area contributed by atoms with E-state index in [4.69, 9.17) is 0 Å². The Morgan fingerprint density at radius 1 is 1.06 bits per heavy atom. The van der Waals surface area contributed by atoms with Gasteiger partial charge in [0.2, 0.25) is 0 Å². The highest BCUT2D eigenvalue weighted by molar-refractivity contribution is 5.86. The van der Waals surface area contributed by atoms with Crippen LogP contribution in [-0.4, -0.2) is 5.11 Å². The second kappa shape index (κ2) is 4.24. The van der Waals surface area contributed by atoms with Crippen LogP contribution >= 0.6 is 0 Å². The Labute approximate surface area is 101 Å². The SMILES string of the molecule is OC(C#CC1CC1)c1cccc2ccccc12. The number of aliphatic hydroxyl groups excluding tert-OH is 1. The summed E-state index contributed by atoms with van der Waals surface area (Å²) in [6.45, 7) is 0. The van der Waals surface area contributed by atoms with Crippen LogP contribution in [0.4, 0.5) is 0 Å². The lowest BCUT2D eigenvalue weighted by atomic mass is 10.0. The van der Waals surface area contributed by atoms with Gasteiger partial charge in [-0.15, -0.1) is 0 Å². The van der Waals surface area contributed by atoms with Crippen molar-refractivity contribution < 1.29 is 5.11 Å². The molecule has 1 atom stereocenters. The molecule has 84 valence electrons. The second-order valence-corrected chi connectivity index (χ2v) is 4.53. The van der Waals surface area contributed by atoms with Crippen molar-refractivity contribution in [2.45, 2.75) is 18.9 Å². The highest BCUT2D eigenvalue weighted by Crippen LogP contribution is 2.29. The Hall–Kier alpha value is -1.78. The number of hydrogen-bond donors (Lipinski definition) is 1. The lowest BCUT2D eigenvalue weighted by Crippen LogP contribution is -1.95. The molecule has 2 aromatic carbocycles. The molecule has 1 N–H and O–H groups in total. The van der Waals surface area contributed by atoms with Crippen molar-refractivity contribution in [2.24, 2.45) is 5.92 Å². The Morgan fingerprint density at radius 3 is 2.65 bits per heavy atom. The van der Waals surface area contributed by atoms with Gasteiger partial charge in [0.05, 0.1) is 0 Å². The molecule has 3 rings (SSSR count). The van der Waals surface area contributed by atoms with Crippen molar-refractivity contribution in [3.8, 4) is 11.8 Å². The van der Waals surface area contributed by atoms with Crippen LogP contribution < -0.4 is 0 Å². The molecule has 0 bridgehead atoms. The van der Waals surface area contributed by atoms with E-state index >= 15 is 0 Å². The minimum Gasteiger partial charge on any atom is -0.376 e. The van der Waals surface area contributed by atoms with Crippen LogP contribution in [0.15, 0.2) is 42.5 Å². The van der Waals surface area contributed by atoms with Crippen molar-refractivity contribution in [1.82, 2.24) is 0 Å². The molecular weight excluding hydrogens is 208 g/mol. The van der Waals surface area contributed by atoms with Gasteiger partial charge >= 0.3 is 0 Å². The van der Waals surface area contributed by atoms with Crippen LogP contribution in [0.25, 0.3) is 10.8 Å². The van der Waals surface area contributed by atoms with E-state index in [0.717, 1.165) is 16.3 Å². The lowest BCUT2D eigenvalue weighted by molar-refractivity contribution is 0.240. The molecule has 1 aliphatic carbocycles. The van der Waals surface area contributed by atoms with Crippen LogP contribution in [0.5, 0.6) is 0 Å². The largest absolute Gasteiger partial charge is 0.376 e. The average molecular weight is 222 g/mol. The molecule has 1 fully saturated rings. The molecule has 17 heavy (non-hydrogen) atoms. The zero-order valence-corrected chi connectivity index (χ0v) is 9.56. The van der Waals surface area contributed by atoms with Crippen LogP contribution in [0, 0.1) is 17.8 Å². The fourth-order valence-corrected chi connectivity index (χ4v) is 1.99. The van der Waals surface area contributed by atoms with Crippen molar-refractivity contribution in [2.75, 3.05) is 0 Å². The monoisotopic (exact) mass is 222 g/mol. The van der Waals surface area contributed by atoms with Crippen LogP contribution in [0.1, 0.15) is 24.5 Å². The van der Waals surface area contributed by atoms with E-state index in [2.05, 4.69) is 24.0 Å². The van der Waals surface area contributed by atoms with Crippen molar-refractivity contribution in [3.05, 3.63) is 48.0 Å². The van der Waals surface area contributed by atoms with Gasteiger partial charge in [-0.2, -0.15) is 0 Å². The standard InChI is InChI=1S/C16H14O/c17-16(11-10-12-8-9-12)15-7-3-5-13-4-1-2-6-14(13)15/h1-7,12,16-17H,8-9H2. The number of benzene rings is 2. The van der Waals surface area contributed by atoms with Gasteiger partial charge in [-0.25, -0.2) is 0 Å². The first-order valence-electron chi connectivity index (χ1n) is 6.01. The normalized spacial score (nSPS) is 16.3. The summed E-state index contributed by atoms with van der Waals surface area (Å²) in [5, 5.41) is 12.4. The smallest absolute Gasteiger partial charge is 0.140 e. The third kappa shape index (κ3) is 2.18. The van der Waals surface area contributed by atoms with Crippen molar-refractivity contribution in [3.63, 3.8) is 0 Å². The first kappa shape index (κ1) is 10.4. The summed E-state index contributed by atoms with van der Waals surface area (Å²) < 4.78 is 0. The first-order chi connectivity index (χ1) is 8.34. The molecule has 0 spiro atoms. The third-order valence-electron chi connectivity index (χ3n) is 3.12. The van der Waals surface area contributed by atoms with Crippen LogP contribution in [-0.2, 0) is 0 Å². The van der Waals surface area contributed by atoms with E-state index in [1.165, 1.54) is 12.8 Å². The van der Waals surface area contributed by atoms with Gasteiger partial charge in [0.15, 0.2) is 0 Å². The zero-order valence-electron chi connectivity index (χ0n) is 9.56. The highest BCUT2D eigenvalue weighted by atomic mass is 16.3. The Morgan fingerprint density at radius 2 is 1.82 bits per heavy atom. The first-order valence-corrected chi connectivity index (χ1v) is 6.01. The van der Waals surface area contributed by atoms with Crippen molar-refractivity contribution in [1.29, 1.82) is 0 Å². The molecule has 0 radical (unpaired) electrons. The Kier molecular flexibility index (Phi) is 2.59. The van der Waals surface area contributed by atoms with E-state index in [9.17, 15) is 5.11 Å². The van der Waals surface area contributed by atoms with Crippen LogP contribution in [0.3, 0.4) is 0 Å². The molecule has 1 heteroatoms. The summed E-state index contributed by atoms with van der Waals surface area (Å²) in [5.74, 6) is 6.61. The van der Waals surface area contributed by atoms with Gasteiger partial charge in [0.1, 0.15) is 6.10 Å². The fourth-order valence-electron chi connectivity index (χ4n) is 1.99. The summed E-state index contributed by atoms with van der Waals surface area (Å²) in [4.78, 5) is 0. The molecule has 0 heterocycles. The fraction of sp³-hybridized carbons (Fsp3) is 0.250. The van der Waals surface area contributed by atoms with Crippen molar-refractivity contribution >= 4 is 10.8 Å². The molecule has 2 aromatic rings. The average Bonchev–Trinajstić information content (AvgIpc) is 3.19. The predicted octanol–water partition coefficient (Wildman–Crippen LogP) is 3.29. The second-order valence-electron chi connectivity index (χ2n) is 4.53. The maximum absolute atomic E-state index is 10.1. The lowest BCUT2D eigenvalue weighted by Gasteiger charge is -2.08. The van der Waals surface area contributed by atoms with Gasteiger partial charge < -0.3 is 5.11 Å². The molecule has 1 nitrogen and oxygen atoms in total. The predicted molar refractivity (Wildman–Crippen MR) is 69.4 cm³/mol. The van der Waals surface area contributed by atoms with E-state index in [0.29, 0.717) is 5.92 Å². The summed E-state index contributed by atoms with van der Waals surface area (Å²) in [5.41, 5.74) is 0.913. The van der Waals surface area contributed by atoms with E-state index < -0.39 is 6.10 Å². The van der Waals surface area contributed by atoms with Gasteiger partial charge in [0.25, 0.3) is 0 Å². The Bertz CT molecular complexity index is 594.